The van der Waals surface area contributed by atoms with Crippen LogP contribution in [0, 0.1) is 0 Å². The summed E-state index contributed by atoms with van der Waals surface area (Å²) in [6.45, 7) is 0. The van der Waals surface area contributed by atoms with Gasteiger partial charge in [0.2, 0.25) is 0 Å². The highest BCUT2D eigenvalue weighted by Crippen LogP contribution is 2.44. The first kappa shape index (κ1) is 7.55. The Bertz CT molecular complexity index is 2880. The molecule has 0 aliphatic heterocycles. The summed E-state index contributed by atoms with van der Waals surface area (Å²) < 4.78 is 184. The van der Waals surface area contributed by atoms with E-state index in [4.69, 9.17) is 26.0 Å². The maximum Gasteiger partial charge on any atom is 0.0636 e. The third-order valence-electron chi connectivity index (χ3n) is 5.51. The normalized spacial score (nSPS) is 20.2. The molecule has 0 heterocycles. The van der Waals surface area contributed by atoms with E-state index in [2.05, 4.69) is 0 Å². The minimum atomic E-state index is -0.880. The monoisotopic (exact) mass is 451 g/mol. The standard InChI is InChI=1S/C34H22/c1-2-11-25(12-3-1)33-28-14-6-8-16-30(28)34(31-17-9-7-15-29(31)33)26-21-20-24-19-18-23-10-4-5-13-27(23)32(24)22-26/h1-22H/i1D,2D,3D,4D,5D,6D,7D,8D,9D,10D,11D,12D,14D,15D,16D,17D,18D,19D,20D,21D,22D. The Kier molecular flexibility index (Phi) is 1.68. The van der Waals surface area contributed by atoms with Crippen LogP contribution in [0.5, 0.6) is 0 Å². The lowest BCUT2D eigenvalue weighted by atomic mass is 9.85. The quantitative estimate of drug-likeness (QED) is 0.181. The maximum atomic E-state index is 9.58. The second-order valence-electron chi connectivity index (χ2n) is 7.33. The van der Waals surface area contributed by atoms with Crippen molar-refractivity contribution < 1.29 is 28.8 Å². The summed E-state index contributed by atoms with van der Waals surface area (Å²) in [5, 5.41) is -3.66. The van der Waals surface area contributed by atoms with Crippen molar-refractivity contribution in [1.82, 2.24) is 0 Å². The van der Waals surface area contributed by atoms with E-state index in [9.17, 15) is 2.74 Å². The summed E-state index contributed by atoms with van der Waals surface area (Å²) in [5.74, 6) is 0. The number of benzene rings is 7. The zero-order chi connectivity index (χ0) is 40.8. The van der Waals surface area contributed by atoms with Crippen molar-refractivity contribution in [3.05, 3.63) is 133 Å². The van der Waals surface area contributed by atoms with Crippen molar-refractivity contribution in [2.75, 3.05) is 0 Å². The fourth-order valence-electron chi connectivity index (χ4n) is 4.09. The molecule has 0 atom stereocenters. The van der Waals surface area contributed by atoms with Crippen molar-refractivity contribution in [3.8, 4) is 22.3 Å². The molecule has 34 heavy (non-hydrogen) atoms. The number of rotatable bonds is 2. The van der Waals surface area contributed by atoms with E-state index in [1.165, 1.54) is 0 Å². The highest BCUT2D eigenvalue weighted by atomic mass is 14.2. The number of hydrogen-bond acceptors (Lipinski definition) is 0. The highest BCUT2D eigenvalue weighted by molar-refractivity contribution is 6.22. The molecular formula is C34H22. The molecule has 0 aliphatic rings. The van der Waals surface area contributed by atoms with Crippen LogP contribution >= 0.6 is 0 Å². The van der Waals surface area contributed by atoms with Crippen LogP contribution in [-0.2, 0) is 0 Å². The average molecular weight is 452 g/mol. The second kappa shape index (κ2) is 7.57. The second-order valence-corrected chi connectivity index (χ2v) is 7.33. The minimum absolute atomic E-state index is 0.199. The molecule has 0 bridgehead atoms. The zero-order valence-corrected chi connectivity index (χ0v) is 17.1. The minimum Gasteiger partial charge on any atom is -0.0622 e. The van der Waals surface area contributed by atoms with Crippen LogP contribution in [0.2, 0.25) is 0 Å². The summed E-state index contributed by atoms with van der Waals surface area (Å²) in [4.78, 5) is 0. The number of hydrogen-bond donors (Lipinski definition) is 0. The van der Waals surface area contributed by atoms with Crippen LogP contribution in [0.25, 0.3) is 65.3 Å². The lowest BCUT2D eigenvalue weighted by Gasteiger charge is -2.18. The molecule has 0 aliphatic carbocycles. The van der Waals surface area contributed by atoms with Crippen LogP contribution in [0.1, 0.15) is 28.8 Å². The van der Waals surface area contributed by atoms with Crippen LogP contribution in [-0.4, -0.2) is 0 Å². The third kappa shape index (κ3) is 2.86. The van der Waals surface area contributed by atoms with Crippen molar-refractivity contribution in [2.45, 2.75) is 0 Å². The molecule has 0 heteroatoms. The van der Waals surface area contributed by atoms with Crippen LogP contribution < -0.4 is 0 Å². The van der Waals surface area contributed by atoms with Crippen LogP contribution in [0.15, 0.2) is 133 Å². The predicted molar refractivity (Wildman–Crippen MR) is 147 cm³/mol. The van der Waals surface area contributed by atoms with Gasteiger partial charge in [0, 0.05) is 0 Å². The van der Waals surface area contributed by atoms with Gasteiger partial charge in [-0.2, -0.15) is 0 Å². The maximum absolute atomic E-state index is 9.58. The Labute approximate surface area is 228 Å². The first-order valence-corrected chi connectivity index (χ1v) is 10.1. The van der Waals surface area contributed by atoms with E-state index >= 15 is 0 Å². The molecule has 0 nitrogen and oxygen atoms in total. The Hall–Kier alpha value is -4.42. The summed E-state index contributed by atoms with van der Waals surface area (Å²) in [6, 6.07) is -15.6. The molecule has 0 aromatic heterocycles. The fourth-order valence-corrected chi connectivity index (χ4v) is 4.09. The molecule has 0 spiro atoms. The van der Waals surface area contributed by atoms with E-state index in [0.717, 1.165) is 6.07 Å². The molecule has 158 valence electrons. The van der Waals surface area contributed by atoms with Crippen molar-refractivity contribution in [2.24, 2.45) is 0 Å². The van der Waals surface area contributed by atoms with Gasteiger partial charge in [-0.1, -0.05) is 127 Å². The van der Waals surface area contributed by atoms with Gasteiger partial charge in [-0.3, -0.25) is 0 Å². The fraction of sp³-hybridized carbons (Fsp3) is 0. The SMILES string of the molecule is [2H]c1cc2c(c([2H])c1[2H])c([2H])c([2H])c1c([2H])c([2H])c(-c3c4c([2H])c([2H])c([2H])c([2H])c4c(-c4c([2H])c([2H])c([2H])c([2H])c4[2H])c4c([2H])c([2H])c([2H])c([2H])c34)c([2H])c12. The lowest BCUT2D eigenvalue weighted by Crippen LogP contribution is -1.91. The van der Waals surface area contributed by atoms with Crippen LogP contribution in [0.3, 0.4) is 0 Å². The molecule has 0 radical (unpaired) electrons. The molecule has 7 aromatic carbocycles. The average Bonchev–Trinajstić information content (AvgIpc) is 3.15. The van der Waals surface area contributed by atoms with Crippen molar-refractivity contribution in [3.63, 3.8) is 0 Å². The molecular weight excluding hydrogens is 408 g/mol. The first-order valence-electron chi connectivity index (χ1n) is 20.6. The van der Waals surface area contributed by atoms with Gasteiger partial charge in [0.25, 0.3) is 0 Å². The Morgan fingerprint density at radius 3 is 1.50 bits per heavy atom. The highest BCUT2D eigenvalue weighted by Gasteiger charge is 2.16. The van der Waals surface area contributed by atoms with Gasteiger partial charge in [0.05, 0.1) is 28.8 Å². The van der Waals surface area contributed by atoms with E-state index in [0.29, 0.717) is 0 Å². The van der Waals surface area contributed by atoms with Crippen molar-refractivity contribution >= 4 is 43.1 Å². The smallest absolute Gasteiger partial charge is 0.0622 e. The Morgan fingerprint density at radius 2 is 0.853 bits per heavy atom. The Balaban J connectivity index is 1.93. The lowest BCUT2D eigenvalue weighted by molar-refractivity contribution is 1.66. The molecule has 0 saturated carbocycles. The Morgan fingerprint density at radius 1 is 0.353 bits per heavy atom. The first-order chi connectivity index (χ1) is 25.6. The number of fused-ring (bicyclic) bond motifs is 5. The summed E-state index contributed by atoms with van der Waals surface area (Å²) in [5.41, 5.74) is -2.45. The molecule has 0 fully saturated rings. The van der Waals surface area contributed by atoms with Gasteiger partial charge in [0.15, 0.2) is 0 Å². The van der Waals surface area contributed by atoms with Gasteiger partial charge in [-0.25, -0.2) is 0 Å². The van der Waals surface area contributed by atoms with Crippen LogP contribution in [0.4, 0.5) is 0 Å². The van der Waals surface area contributed by atoms with Gasteiger partial charge in [-0.15, -0.1) is 0 Å². The predicted octanol–water partition coefficient (Wildman–Crippen LogP) is 9.63. The van der Waals surface area contributed by atoms with E-state index in [-0.39, 0.29) is 16.2 Å². The topological polar surface area (TPSA) is 0 Å². The third-order valence-corrected chi connectivity index (χ3v) is 5.51. The van der Waals surface area contributed by atoms with Gasteiger partial charge < -0.3 is 0 Å². The molecule has 7 aromatic rings. The largest absolute Gasteiger partial charge is 0.0636 e. The molecule has 0 amide bonds. The molecule has 7 rings (SSSR count). The summed E-state index contributed by atoms with van der Waals surface area (Å²) >= 11 is 0. The summed E-state index contributed by atoms with van der Waals surface area (Å²) in [6.07, 6.45) is 0. The van der Waals surface area contributed by atoms with Gasteiger partial charge in [-0.05, 0) is 71.4 Å². The van der Waals surface area contributed by atoms with E-state index < -0.39 is 176 Å². The van der Waals surface area contributed by atoms with E-state index in [1.807, 2.05) is 0 Å². The molecule has 0 N–H and O–H groups in total. The zero-order valence-electron chi connectivity index (χ0n) is 38.1. The molecule has 0 unspecified atom stereocenters. The van der Waals surface area contributed by atoms with Gasteiger partial charge >= 0.3 is 0 Å². The van der Waals surface area contributed by atoms with Crippen molar-refractivity contribution in [1.29, 1.82) is 0 Å². The van der Waals surface area contributed by atoms with Gasteiger partial charge in [0.1, 0.15) is 0 Å². The summed E-state index contributed by atoms with van der Waals surface area (Å²) in [7, 11) is 0. The van der Waals surface area contributed by atoms with E-state index in [1.54, 1.807) is 0 Å². The molecule has 0 saturated heterocycles.